The van der Waals surface area contributed by atoms with Crippen molar-refractivity contribution in [1.82, 2.24) is 9.88 Å². The van der Waals surface area contributed by atoms with E-state index in [4.69, 9.17) is 9.52 Å². The van der Waals surface area contributed by atoms with Gasteiger partial charge in [0.2, 0.25) is 5.76 Å². The summed E-state index contributed by atoms with van der Waals surface area (Å²) >= 11 is 0. The highest BCUT2D eigenvalue weighted by Crippen LogP contribution is 2.12. The van der Waals surface area contributed by atoms with Crippen molar-refractivity contribution in [2.75, 3.05) is 7.05 Å². The minimum Gasteiger partial charge on any atom is -0.480 e. The van der Waals surface area contributed by atoms with Gasteiger partial charge in [0, 0.05) is 7.05 Å². The lowest BCUT2D eigenvalue weighted by Crippen LogP contribution is -2.42. The Balaban J connectivity index is 2.90. The Bertz CT molecular complexity index is 399. The minimum absolute atomic E-state index is 0.0854. The predicted molar refractivity (Wildman–Crippen MR) is 55.0 cm³/mol. The Morgan fingerprint density at radius 3 is 2.62 bits per heavy atom. The molecule has 1 heterocycles. The van der Waals surface area contributed by atoms with Gasteiger partial charge in [0.15, 0.2) is 6.39 Å². The van der Waals surface area contributed by atoms with E-state index >= 15 is 0 Å². The number of oxazole rings is 1. The molecular weight excluding hydrogens is 212 g/mol. The molecule has 0 aliphatic carbocycles. The molecule has 0 radical (unpaired) electrons. The molecular formula is C10H14N2O4. The molecule has 6 heteroatoms. The Morgan fingerprint density at radius 2 is 2.25 bits per heavy atom. The normalized spacial score (nSPS) is 12.2. The van der Waals surface area contributed by atoms with Gasteiger partial charge in [-0.05, 0) is 13.3 Å². The van der Waals surface area contributed by atoms with E-state index in [0.717, 1.165) is 11.3 Å². The zero-order chi connectivity index (χ0) is 12.3. The number of carbonyl (C=O) groups excluding carboxylic acids is 1. The third-order valence-electron chi connectivity index (χ3n) is 2.40. The largest absolute Gasteiger partial charge is 0.480 e. The Labute approximate surface area is 92.9 Å². The number of carboxylic acid groups (broad SMARTS) is 1. The molecule has 0 bridgehead atoms. The summed E-state index contributed by atoms with van der Waals surface area (Å²) in [6.07, 6.45) is 1.50. The van der Waals surface area contributed by atoms with Gasteiger partial charge in [0.1, 0.15) is 6.04 Å². The maximum atomic E-state index is 11.9. The highest BCUT2D eigenvalue weighted by molar-refractivity contribution is 5.94. The lowest BCUT2D eigenvalue weighted by atomic mass is 10.2. The van der Waals surface area contributed by atoms with Crippen molar-refractivity contribution in [3.63, 3.8) is 0 Å². The predicted octanol–water partition coefficient (Wildman–Crippen LogP) is 0.918. The summed E-state index contributed by atoms with van der Waals surface area (Å²) in [5.74, 6) is -1.41. The molecule has 0 aromatic carbocycles. The van der Waals surface area contributed by atoms with Crippen LogP contribution in [0, 0.1) is 6.92 Å². The molecule has 0 saturated carbocycles. The van der Waals surface area contributed by atoms with Crippen molar-refractivity contribution < 1.29 is 19.1 Å². The lowest BCUT2D eigenvalue weighted by molar-refractivity contribution is -0.142. The van der Waals surface area contributed by atoms with E-state index in [-0.39, 0.29) is 5.76 Å². The van der Waals surface area contributed by atoms with Crippen LogP contribution in [0.15, 0.2) is 10.8 Å². The van der Waals surface area contributed by atoms with E-state index in [0.29, 0.717) is 12.1 Å². The summed E-state index contributed by atoms with van der Waals surface area (Å²) in [6.45, 7) is 3.34. The van der Waals surface area contributed by atoms with Gasteiger partial charge in [-0.2, -0.15) is 0 Å². The van der Waals surface area contributed by atoms with Gasteiger partial charge in [-0.15, -0.1) is 0 Å². The summed E-state index contributed by atoms with van der Waals surface area (Å²) in [5, 5.41) is 8.92. The smallest absolute Gasteiger partial charge is 0.326 e. The van der Waals surface area contributed by atoms with E-state index < -0.39 is 17.9 Å². The van der Waals surface area contributed by atoms with E-state index in [1.54, 1.807) is 13.8 Å². The molecule has 1 aromatic heterocycles. The first-order chi connectivity index (χ1) is 7.49. The first-order valence-corrected chi connectivity index (χ1v) is 4.89. The molecule has 1 unspecified atom stereocenters. The molecule has 1 aromatic rings. The van der Waals surface area contributed by atoms with Crippen LogP contribution in [0.4, 0.5) is 0 Å². The maximum Gasteiger partial charge on any atom is 0.326 e. The van der Waals surface area contributed by atoms with E-state index in [9.17, 15) is 9.59 Å². The maximum absolute atomic E-state index is 11.9. The zero-order valence-corrected chi connectivity index (χ0v) is 9.43. The fraction of sp³-hybridized carbons (Fsp3) is 0.500. The molecule has 0 spiro atoms. The van der Waals surface area contributed by atoms with Gasteiger partial charge in [-0.1, -0.05) is 6.92 Å². The molecule has 0 fully saturated rings. The standard InChI is InChI=1S/C10H14N2O4/c1-4-7(10(14)15)12(3)9(13)8-6(2)11-5-16-8/h5,7H,4H2,1-3H3,(H,14,15). The van der Waals surface area contributed by atoms with E-state index in [1.807, 2.05) is 0 Å². The monoisotopic (exact) mass is 226 g/mol. The van der Waals surface area contributed by atoms with Gasteiger partial charge in [-0.3, -0.25) is 4.79 Å². The molecule has 0 aliphatic heterocycles. The molecule has 0 aliphatic rings. The van der Waals surface area contributed by atoms with Crippen LogP contribution in [0.3, 0.4) is 0 Å². The number of aromatic nitrogens is 1. The van der Waals surface area contributed by atoms with E-state index in [1.165, 1.54) is 7.05 Å². The quantitative estimate of drug-likeness (QED) is 0.825. The Kier molecular flexibility index (Phi) is 3.65. The average Bonchev–Trinajstić information content (AvgIpc) is 2.63. The first kappa shape index (κ1) is 12.2. The molecule has 1 amide bonds. The zero-order valence-electron chi connectivity index (χ0n) is 9.43. The third kappa shape index (κ3) is 2.21. The minimum atomic E-state index is -1.03. The number of carboxylic acids is 1. The topological polar surface area (TPSA) is 83.6 Å². The number of likely N-dealkylation sites (N-methyl/N-ethyl adjacent to an activating group) is 1. The number of hydrogen-bond acceptors (Lipinski definition) is 4. The van der Waals surface area contributed by atoms with Crippen molar-refractivity contribution in [3.05, 3.63) is 17.8 Å². The fourth-order valence-electron chi connectivity index (χ4n) is 1.42. The summed E-state index contributed by atoms with van der Waals surface area (Å²) in [4.78, 5) is 27.7. The molecule has 1 N–H and O–H groups in total. The van der Waals surface area contributed by atoms with Gasteiger partial charge in [0.05, 0.1) is 5.69 Å². The number of rotatable bonds is 4. The van der Waals surface area contributed by atoms with Crippen molar-refractivity contribution >= 4 is 11.9 Å². The molecule has 16 heavy (non-hydrogen) atoms. The molecule has 0 saturated heterocycles. The Hall–Kier alpha value is -1.85. The Morgan fingerprint density at radius 1 is 1.62 bits per heavy atom. The van der Waals surface area contributed by atoms with Gasteiger partial charge in [0.25, 0.3) is 5.91 Å². The van der Waals surface area contributed by atoms with Gasteiger partial charge < -0.3 is 14.4 Å². The molecule has 88 valence electrons. The number of aliphatic carboxylic acids is 1. The average molecular weight is 226 g/mol. The summed E-state index contributed by atoms with van der Waals surface area (Å²) in [7, 11) is 1.44. The second-order valence-electron chi connectivity index (χ2n) is 3.45. The van der Waals surface area contributed by atoms with Crippen LogP contribution in [-0.2, 0) is 4.79 Å². The van der Waals surface area contributed by atoms with Crippen molar-refractivity contribution in [1.29, 1.82) is 0 Å². The van der Waals surface area contributed by atoms with Crippen LogP contribution in [0.5, 0.6) is 0 Å². The SMILES string of the molecule is CCC(C(=O)O)N(C)C(=O)c1ocnc1C. The van der Waals surface area contributed by atoms with Crippen LogP contribution < -0.4 is 0 Å². The van der Waals surface area contributed by atoms with Crippen LogP contribution in [0.25, 0.3) is 0 Å². The fourth-order valence-corrected chi connectivity index (χ4v) is 1.42. The molecule has 6 nitrogen and oxygen atoms in total. The first-order valence-electron chi connectivity index (χ1n) is 4.89. The number of carbonyl (C=O) groups is 2. The summed E-state index contributed by atoms with van der Waals surface area (Å²) in [5.41, 5.74) is 0.456. The molecule has 1 rings (SSSR count). The second-order valence-corrected chi connectivity index (χ2v) is 3.45. The van der Waals surface area contributed by atoms with Crippen LogP contribution >= 0.6 is 0 Å². The number of amides is 1. The van der Waals surface area contributed by atoms with E-state index in [2.05, 4.69) is 4.98 Å². The highest BCUT2D eigenvalue weighted by Gasteiger charge is 2.28. The highest BCUT2D eigenvalue weighted by atomic mass is 16.4. The van der Waals surface area contributed by atoms with Crippen molar-refractivity contribution in [2.24, 2.45) is 0 Å². The summed E-state index contributed by atoms with van der Waals surface area (Å²) < 4.78 is 4.93. The van der Waals surface area contributed by atoms with Crippen LogP contribution in [-0.4, -0.2) is 40.0 Å². The van der Waals surface area contributed by atoms with Gasteiger partial charge in [-0.25, -0.2) is 9.78 Å². The number of hydrogen-bond donors (Lipinski definition) is 1. The van der Waals surface area contributed by atoms with Crippen molar-refractivity contribution in [2.45, 2.75) is 26.3 Å². The third-order valence-corrected chi connectivity index (χ3v) is 2.40. The van der Waals surface area contributed by atoms with Crippen LogP contribution in [0.1, 0.15) is 29.6 Å². The van der Waals surface area contributed by atoms with Gasteiger partial charge >= 0.3 is 5.97 Å². The number of nitrogens with zero attached hydrogens (tertiary/aromatic N) is 2. The number of aryl methyl sites for hydroxylation is 1. The summed E-state index contributed by atoms with van der Waals surface area (Å²) in [6, 6.07) is -0.850. The lowest BCUT2D eigenvalue weighted by Gasteiger charge is -2.22. The molecule has 1 atom stereocenters. The van der Waals surface area contributed by atoms with Crippen LogP contribution in [0.2, 0.25) is 0 Å². The second kappa shape index (κ2) is 4.78. The van der Waals surface area contributed by atoms with Crippen molar-refractivity contribution in [3.8, 4) is 0 Å².